The van der Waals surface area contributed by atoms with Crippen molar-refractivity contribution < 1.29 is 19.1 Å². The zero-order chi connectivity index (χ0) is 22.2. The van der Waals surface area contributed by atoms with E-state index >= 15 is 0 Å². The van der Waals surface area contributed by atoms with Crippen LogP contribution >= 0.6 is 11.3 Å². The van der Waals surface area contributed by atoms with Crippen LogP contribution in [0.5, 0.6) is 0 Å². The number of thiophene rings is 1. The molecule has 168 valence electrons. The summed E-state index contributed by atoms with van der Waals surface area (Å²) in [4.78, 5) is 27.7. The van der Waals surface area contributed by atoms with E-state index in [4.69, 9.17) is 9.47 Å². The molecule has 2 heterocycles. The van der Waals surface area contributed by atoms with E-state index in [1.54, 1.807) is 6.07 Å². The number of ether oxygens (including phenoxy) is 2. The maximum absolute atomic E-state index is 12.7. The van der Waals surface area contributed by atoms with Crippen LogP contribution in [0.1, 0.15) is 66.1 Å². The van der Waals surface area contributed by atoms with Crippen molar-refractivity contribution >= 4 is 28.9 Å². The van der Waals surface area contributed by atoms with Gasteiger partial charge in [-0.05, 0) is 48.6 Å². The van der Waals surface area contributed by atoms with Gasteiger partial charge in [-0.25, -0.2) is 4.79 Å². The van der Waals surface area contributed by atoms with Crippen LogP contribution in [-0.4, -0.2) is 31.6 Å². The van der Waals surface area contributed by atoms with Crippen molar-refractivity contribution in [3.8, 4) is 0 Å². The molecular weight excluding hydrogens is 410 g/mol. The van der Waals surface area contributed by atoms with Gasteiger partial charge >= 0.3 is 5.97 Å². The number of benzene rings is 1. The standard InChI is InChI=1S/C25H33NO4S/c1-4-5-6-7-8-19-9-11-20(12-10-19)26-22(18(2)15-24(26)27)17-30-16-21-13-14-23(31-21)25(28)29-3/h9-14,18,22H,4-8,15-17H2,1-3H3/t18?,22-/m0/s1. The van der Waals surface area contributed by atoms with Crippen molar-refractivity contribution in [2.75, 3.05) is 18.6 Å². The van der Waals surface area contributed by atoms with Crippen molar-refractivity contribution in [1.29, 1.82) is 0 Å². The second kappa shape index (κ2) is 11.4. The Kier molecular flexibility index (Phi) is 8.67. The van der Waals surface area contributed by atoms with Crippen molar-refractivity contribution in [2.24, 2.45) is 5.92 Å². The average molecular weight is 444 g/mol. The van der Waals surface area contributed by atoms with Crippen molar-refractivity contribution in [1.82, 2.24) is 0 Å². The summed E-state index contributed by atoms with van der Waals surface area (Å²) >= 11 is 1.38. The number of aryl methyl sites for hydroxylation is 1. The molecule has 0 N–H and O–H groups in total. The lowest BCUT2D eigenvalue weighted by Gasteiger charge is -2.27. The highest BCUT2D eigenvalue weighted by molar-refractivity contribution is 7.13. The molecule has 0 spiro atoms. The molecule has 31 heavy (non-hydrogen) atoms. The van der Waals surface area contributed by atoms with E-state index in [1.807, 2.05) is 11.0 Å². The van der Waals surface area contributed by atoms with Gasteiger partial charge in [0.05, 0.1) is 26.4 Å². The maximum atomic E-state index is 12.7. The first kappa shape index (κ1) is 23.5. The van der Waals surface area contributed by atoms with Gasteiger partial charge in [0.1, 0.15) is 4.88 Å². The van der Waals surface area contributed by atoms with Crippen LogP contribution in [0.4, 0.5) is 5.69 Å². The summed E-state index contributed by atoms with van der Waals surface area (Å²) in [5.74, 6) is 0.0577. The Hall–Kier alpha value is -2.18. The third-order valence-electron chi connectivity index (χ3n) is 5.87. The molecule has 1 aromatic carbocycles. The topological polar surface area (TPSA) is 55.8 Å². The fourth-order valence-electron chi connectivity index (χ4n) is 4.05. The predicted molar refractivity (Wildman–Crippen MR) is 125 cm³/mol. The first-order chi connectivity index (χ1) is 15.0. The second-order valence-corrected chi connectivity index (χ2v) is 9.43. The SMILES string of the molecule is CCCCCCc1ccc(N2C(=O)CC(C)[C@@H]2COCc2ccc(C(=O)OC)s2)cc1. The lowest BCUT2D eigenvalue weighted by atomic mass is 10.0. The van der Waals surface area contributed by atoms with Gasteiger partial charge in [-0.3, -0.25) is 4.79 Å². The molecule has 1 aliphatic rings. The van der Waals surface area contributed by atoms with Crippen molar-refractivity contribution in [2.45, 2.75) is 65.0 Å². The van der Waals surface area contributed by atoms with E-state index in [0.29, 0.717) is 24.5 Å². The predicted octanol–water partition coefficient (Wildman–Crippen LogP) is 5.62. The van der Waals surface area contributed by atoms with Gasteiger partial charge in [0.25, 0.3) is 0 Å². The number of esters is 1. The number of rotatable bonds is 11. The molecule has 5 nitrogen and oxygen atoms in total. The number of anilines is 1. The summed E-state index contributed by atoms with van der Waals surface area (Å²) in [6, 6.07) is 12.1. The third-order valence-corrected chi connectivity index (χ3v) is 6.91. The summed E-state index contributed by atoms with van der Waals surface area (Å²) in [5.41, 5.74) is 2.27. The lowest BCUT2D eigenvalue weighted by molar-refractivity contribution is -0.117. The number of methoxy groups -OCH3 is 1. The summed E-state index contributed by atoms with van der Waals surface area (Å²) in [6.45, 7) is 5.22. The van der Waals surface area contributed by atoms with Crippen LogP contribution in [0.2, 0.25) is 0 Å². The molecule has 0 bridgehead atoms. The Bertz CT molecular complexity index is 861. The third kappa shape index (κ3) is 6.17. The molecule has 0 radical (unpaired) electrons. The van der Waals surface area contributed by atoms with E-state index in [9.17, 15) is 9.59 Å². The Labute approximate surface area is 189 Å². The van der Waals surface area contributed by atoms with Crippen LogP contribution < -0.4 is 4.90 Å². The van der Waals surface area contributed by atoms with Gasteiger partial charge < -0.3 is 14.4 Å². The van der Waals surface area contributed by atoms with Crippen LogP contribution in [-0.2, 0) is 27.3 Å². The molecule has 0 aliphatic carbocycles. The summed E-state index contributed by atoms with van der Waals surface area (Å²) in [7, 11) is 1.38. The van der Waals surface area contributed by atoms with Gasteiger partial charge in [-0.15, -0.1) is 11.3 Å². The highest BCUT2D eigenvalue weighted by atomic mass is 32.1. The van der Waals surface area contributed by atoms with Gasteiger partial charge in [0.2, 0.25) is 5.91 Å². The highest BCUT2D eigenvalue weighted by Gasteiger charge is 2.38. The molecule has 3 rings (SSSR count). The highest BCUT2D eigenvalue weighted by Crippen LogP contribution is 2.31. The minimum Gasteiger partial charge on any atom is -0.465 e. The smallest absolute Gasteiger partial charge is 0.348 e. The maximum Gasteiger partial charge on any atom is 0.348 e. The van der Waals surface area contributed by atoms with Gasteiger partial charge in [0.15, 0.2) is 0 Å². The van der Waals surface area contributed by atoms with E-state index in [2.05, 4.69) is 38.1 Å². The van der Waals surface area contributed by atoms with Crippen LogP contribution in [0.25, 0.3) is 0 Å². The van der Waals surface area contributed by atoms with Crippen LogP contribution in [0, 0.1) is 5.92 Å². The normalized spacial score (nSPS) is 18.5. The monoisotopic (exact) mass is 443 g/mol. The van der Waals surface area contributed by atoms with E-state index in [1.165, 1.54) is 49.7 Å². The first-order valence-electron chi connectivity index (χ1n) is 11.2. The average Bonchev–Trinajstić information content (AvgIpc) is 3.35. The minimum absolute atomic E-state index is 0.0166. The number of hydrogen-bond donors (Lipinski definition) is 0. The zero-order valence-electron chi connectivity index (χ0n) is 18.8. The Balaban J connectivity index is 1.57. The first-order valence-corrected chi connectivity index (χ1v) is 12.0. The van der Waals surface area contributed by atoms with E-state index in [0.717, 1.165) is 17.0 Å². The van der Waals surface area contributed by atoms with Crippen molar-refractivity contribution in [3.63, 3.8) is 0 Å². The van der Waals surface area contributed by atoms with Gasteiger partial charge in [0, 0.05) is 17.0 Å². The molecule has 6 heteroatoms. The fourth-order valence-corrected chi connectivity index (χ4v) is 4.91. The quantitative estimate of drug-likeness (QED) is 0.334. The molecule has 1 aromatic heterocycles. The number of carbonyl (C=O) groups is 2. The molecule has 1 unspecified atom stereocenters. The molecule has 1 fully saturated rings. The summed E-state index contributed by atoms with van der Waals surface area (Å²) in [6.07, 6.45) is 6.64. The summed E-state index contributed by atoms with van der Waals surface area (Å²) < 4.78 is 10.7. The van der Waals surface area contributed by atoms with Crippen LogP contribution in [0.3, 0.4) is 0 Å². The molecule has 2 atom stereocenters. The van der Waals surface area contributed by atoms with Gasteiger partial charge in [-0.1, -0.05) is 45.2 Å². The Morgan fingerprint density at radius 1 is 1.13 bits per heavy atom. The molecule has 1 aliphatic heterocycles. The second-order valence-electron chi connectivity index (χ2n) is 8.26. The van der Waals surface area contributed by atoms with E-state index < -0.39 is 0 Å². The zero-order valence-corrected chi connectivity index (χ0v) is 19.6. The van der Waals surface area contributed by atoms with Crippen molar-refractivity contribution in [3.05, 3.63) is 51.7 Å². The Morgan fingerprint density at radius 3 is 2.61 bits per heavy atom. The van der Waals surface area contributed by atoms with Gasteiger partial charge in [-0.2, -0.15) is 0 Å². The molecule has 1 saturated heterocycles. The number of amides is 1. The number of unbranched alkanes of at least 4 members (excludes halogenated alkanes) is 3. The van der Waals surface area contributed by atoms with E-state index in [-0.39, 0.29) is 23.8 Å². The fraction of sp³-hybridized carbons (Fsp3) is 0.520. The number of nitrogens with zero attached hydrogens (tertiary/aromatic N) is 1. The number of hydrogen-bond acceptors (Lipinski definition) is 5. The lowest BCUT2D eigenvalue weighted by Crippen LogP contribution is -2.38. The Morgan fingerprint density at radius 2 is 1.90 bits per heavy atom. The van der Waals surface area contributed by atoms with Crippen LogP contribution in [0.15, 0.2) is 36.4 Å². The number of carbonyl (C=O) groups excluding carboxylic acids is 2. The molecule has 1 amide bonds. The minimum atomic E-state index is -0.328. The summed E-state index contributed by atoms with van der Waals surface area (Å²) in [5, 5.41) is 0. The molecule has 0 saturated carbocycles. The molecule has 2 aromatic rings. The largest absolute Gasteiger partial charge is 0.465 e. The molecular formula is C25H33NO4S.